The predicted molar refractivity (Wildman–Crippen MR) is 98.9 cm³/mol. The summed E-state index contributed by atoms with van der Waals surface area (Å²) in [6.45, 7) is 5.73. The Hall–Kier alpha value is -2.16. The highest BCUT2D eigenvalue weighted by Crippen LogP contribution is 2.40. The molecular weight excluding hydrogens is 352 g/mol. The van der Waals surface area contributed by atoms with E-state index in [-0.39, 0.29) is 24.1 Å². The molecule has 8 heteroatoms. The first-order valence-corrected chi connectivity index (χ1v) is 9.43. The molecule has 26 heavy (non-hydrogen) atoms. The van der Waals surface area contributed by atoms with Gasteiger partial charge in [-0.3, -0.25) is 4.90 Å². The first kappa shape index (κ1) is 17.3. The normalized spacial score (nSPS) is 22.6. The van der Waals surface area contributed by atoms with Crippen LogP contribution in [-0.4, -0.2) is 57.0 Å². The zero-order valence-corrected chi connectivity index (χ0v) is 15.8. The standard InChI is InChI=1S/C18H22N4O3S/c1-11-8-21(9-12(2)25-11)15(13-4-6-14(24-3)7-5-13)16-17(23)22-18(26-16)19-10-20-22/h4-7,10-12,15,23H,8-9H2,1-3H3/t11-,12-,15-/m1/s1. The van der Waals surface area contributed by atoms with Crippen molar-refractivity contribution in [2.24, 2.45) is 0 Å². The van der Waals surface area contributed by atoms with Crippen LogP contribution in [0.2, 0.25) is 0 Å². The molecule has 2 aromatic heterocycles. The molecule has 0 aliphatic carbocycles. The fourth-order valence-electron chi connectivity index (χ4n) is 3.61. The van der Waals surface area contributed by atoms with E-state index in [1.54, 1.807) is 7.11 Å². The van der Waals surface area contributed by atoms with Gasteiger partial charge in [-0.05, 0) is 31.5 Å². The van der Waals surface area contributed by atoms with Gasteiger partial charge in [0.15, 0.2) is 0 Å². The molecule has 138 valence electrons. The lowest BCUT2D eigenvalue weighted by molar-refractivity contribution is -0.0764. The van der Waals surface area contributed by atoms with Crippen molar-refractivity contribution in [1.29, 1.82) is 0 Å². The van der Waals surface area contributed by atoms with Gasteiger partial charge in [0.25, 0.3) is 0 Å². The van der Waals surface area contributed by atoms with Gasteiger partial charge < -0.3 is 14.6 Å². The number of rotatable bonds is 4. The van der Waals surface area contributed by atoms with Crippen molar-refractivity contribution >= 4 is 16.3 Å². The largest absolute Gasteiger partial charge is 0.497 e. The summed E-state index contributed by atoms with van der Waals surface area (Å²) in [4.78, 5) is 8.10. The van der Waals surface area contributed by atoms with Crippen molar-refractivity contribution < 1.29 is 14.6 Å². The van der Waals surface area contributed by atoms with Gasteiger partial charge in [-0.2, -0.15) is 9.61 Å². The molecule has 1 aliphatic heterocycles. The highest BCUT2D eigenvalue weighted by Gasteiger charge is 2.33. The molecule has 4 rings (SSSR count). The van der Waals surface area contributed by atoms with E-state index in [0.29, 0.717) is 4.96 Å². The summed E-state index contributed by atoms with van der Waals surface area (Å²) in [6.07, 6.45) is 1.71. The van der Waals surface area contributed by atoms with Gasteiger partial charge in [0.05, 0.1) is 30.2 Å². The van der Waals surface area contributed by atoms with E-state index in [1.165, 1.54) is 22.2 Å². The first-order chi connectivity index (χ1) is 12.6. The number of fused-ring (bicyclic) bond motifs is 1. The minimum absolute atomic E-state index is 0.0943. The van der Waals surface area contributed by atoms with Crippen molar-refractivity contribution in [2.45, 2.75) is 32.1 Å². The summed E-state index contributed by atoms with van der Waals surface area (Å²) >= 11 is 1.47. The maximum Gasteiger partial charge on any atom is 0.230 e. The van der Waals surface area contributed by atoms with Crippen molar-refractivity contribution in [3.63, 3.8) is 0 Å². The van der Waals surface area contributed by atoms with Gasteiger partial charge >= 0.3 is 0 Å². The van der Waals surface area contributed by atoms with Gasteiger partial charge in [-0.1, -0.05) is 23.5 Å². The van der Waals surface area contributed by atoms with Gasteiger partial charge in [0.1, 0.15) is 12.1 Å². The average molecular weight is 374 g/mol. The number of aromatic nitrogens is 3. The Kier molecular flexibility index (Phi) is 4.56. The molecule has 0 saturated carbocycles. The Bertz CT molecular complexity index is 882. The number of morpholine rings is 1. The van der Waals surface area contributed by atoms with Crippen molar-refractivity contribution in [2.75, 3.05) is 20.2 Å². The summed E-state index contributed by atoms with van der Waals surface area (Å²) in [7, 11) is 1.66. The van der Waals surface area contributed by atoms with E-state index in [2.05, 4.69) is 28.8 Å². The topological polar surface area (TPSA) is 72.1 Å². The van der Waals surface area contributed by atoms with Crippen molar-refractivity contribution in [3.8, 4) is 11.6 Å². The molecule has 1 aromatic carbocycles. The van der Waals surface area contributed by atoms with Crippen molar-refractivity contribution in [3.05, 3.63) is 41.0 Å². The van der Waals surface area contributed by atoms with Crippen LogP contribution in [0.15, 0.2) is 30.6 Å². The highest BCUT2D eigenvalue weighted by molar-refractivity contribution is 7.17. The lowest BCUT2D eigenvalue weighted by Gasteiger charge is -2.40. The molecule has 1 N–H and O–H groups in total. The lowest BCUT2D eigenvalue weighted by Crippen LogP contribution is -2.47. The second kappa shape index (κ2) is 6.86. The fraction of sp³-hybridized carbons (Fsp3) is 0.444. The van der Waals surface area contributed by atoms with Gasteiger partial charge in [-0.25, -0.2) is 4.98 Å². The second-order valence-electron chi connectivity index (χ2n) is 6.63. The van der Waals surface area contributed by atoms with Gasteiger partial charge in [0, 0.05) is 13.1 Å². The Balaban J connectivity index is 1.80. The number of aromatic hydroxyl groups is 1. The van der Waals surface area contributed by atoms with Gasteiger partial charge in [0.2, 0.25) is 10.8 Å². The smallest absolute Gasteiger partial charge is 0.230 e. The Morgan fingerprint density at radius 3 is 2.54 bits per heavy atom. The fourth-order valence-corrected chi connectivity index (χ4v) is 4.71. The average Bonchev–Trinajstić information content (AvgIpc) is 3.19. The SMILES string of the molecule is COc1ccc([C@H](c2sc3ncnn3c2O)N2C[C@@H](C)O[C@H](C)C2)cc1. The molecule has 0 spiro atoms. The minimum Gasteiger partial charge on any atom is -0.497 e. The van der Waals surface area contributed by atoms with Gasteiger partial charge in [-0.15, -0.1) is 0 Å². The number of ether oxygens (including phenoxy) is 2. The van der Waals surface area contributed by atoms with Crippen LogP contribution in [0, 0.1) is 0 Å². The number of nitrogens with zero attached hydrogens (tertiary/aromatic N) is 4. The number of thiazole rings is 1. The van der Waals surface area contributed by atoms with E-state index in [4.69, 9.17) is 9.47 Å². The molecule has 3 heterocycles. The van der Waals surface area contributed by atoms with Crippen LogP contribution in [0.5, 0.6) is 11.6 Å². The Labute approximate surface area is 155 Å². The second-order valence-corrected chi connectivity index (χ2v) is 7.64. The maximum absolute atomic E-state index is 10.8. The number of benzene rings is 1. The molecular formula is C18H22N4O3S. The van der Waals surface area contributed by atoms with E-state index in [0.717, 1.165) is 29.3 Å². The van der Waals surface area contributed by atoms with Crippen molar-refractivity contribution in [1.82, 2.24) is 19.5 Å². The van der Waals surface area contributed by atoms with Crippen LogP contribution in [0.3, 0.4) is 0 Å². The summed E-state index contributed by atoms with van der Waals surface area (Å²) in [6, 6.07) is 7.89. The molecule has 0 amide bonds. The third-order valence-corrected chi connectivity index (χ3v) is 5.72. The van der Waals surface area contributed by atoms with Crippen LogP contribution < -0.4 is 4.74 Å². The quantitative estimate of drug-likeness (QED) is 0.757. The molecule has 0 bridgehead atoms. The lowest BCUT2D eigenvalue weighted by atomic mass is 10.0. The molecule has 3 aromatic rings. The molecule has 1 aliphatic rings. The zero-order chi connectivity index (χ0) is 18.3. The molecule has 0 radical (unpaired) electrons. The predicted octanol–water partition coefficient (Wildman–Crippen LogP) is 2.70. The number of hydrogen-bond donors (Lipinski definition) is 1. The maximum atomic E-state index is 10.8. The highest BCUT2D eigenvalue weighted by atomic mass is 32.1. The minimum atomic E-state index is -0.0943. The van der Waals surface area contributed by atoms with Crippen LogP contribution in [0.4, 0.5) is 0 Å². The first-order valence-electron chi connectivity index (χ1n) is 8.61. The third kappa shape index (κ3) is 3.04. The Morgan fingerprint density at radius 2 is 1.92 bits per heavy atom. The number of hydrogen-bond acceptors (Lipinski definition) is 7. The molecule has 1 saturated heterocycles. The molecule has 3 atom stereocenters. The van der Waals surface area contributed by atoms with E-state index in [1.807, 2.05) is 24.3 Å². The summed E-state index contributed by atoms with van der Waals surface area (Å²) in [5, 5.41) is 14.9. The number of methoxy groups -OCH3 is 1. The monoisotopic (exact) mass is 374 g/mol. The van der Waals surface area contributed by atoms with Crippen LogP contribution in [0.1, 0.15) is 30.3 Å². The molecule has 7 nitrogen and oxygen atoms in total. The Morgan fingerprint density at radius 1 is 1.23 bits per heavy atom. The van der Waals surface area contributed by atoms with Crippen LogP contribution >= 0.6 is 11.3 Å². The summed E-state index contributed by atoms with van der Waals surface area (Å²) in [5.41, 5.74) is 1.09. The zero-order valence-electron chi connectivity index (χ0n) is 15.0. The molecule has 1 fully saturated rings. The summed E-state index contributed by atoms with van der Waals surface area (Å²) < 4.78 is 12.7. The van der Waals surface area contributed by atoms with Crippen LogP contribution in [-0.2, 0) is 4.74 Å². The van der Waals surface area contributed by atoms with E-state index >= 15 is 0 Å². The third-order valence-electron chi connectivity index (χ3n) is 4.63. The van der Waals surface area contributed by atoms with Crippen LogP contribution in [0.25, 0.3) is 4.96 Å². The van der Waals surface area contributed by atoms with E-state index < -0.39 is 0 Å². The summed E-state index contributed by atoms with van der Waals surface area (Å²) in [5.74, 6) is 0.957. The van der Waals surface area contributed by atoms with E-state index in [9.17, 15) is 5.11 Å². The molecule has 0 unspecified atom stereocenters.